The Hall–Kier alpha value is -0.710. The summed E-state index contributed by atoms with van der Waals surface area (Å²) in [5.74, 6) is 0.304. The van der Waals surface area contributed by atoms with E-state index in [0.717, 1.165) is 25.7 Å². The van der Waals surface area contributed by atoms with E-state index in [2.05, 4.69) is 30.8 Å². The third-order valence-corrected chi connectivity index (χ3v) is 4.85. The molecule has 0 amide bonds. The Morgan fingerprint density at radius 1 is 1.33 bits per heavy atom. The highest BCUT2D eigenvalue weighted by Crippen LogP contribution is 2.41. The molecule has 2 unspecified atom stereocenters. The molecule has 0 N–H and O–H groups in total. The van der Waals surface area contributed by atoms with Gasteiger partial charge in [-0.05, 0) is 32.1 Å². The van der Waals surface area contributed by atoms with Crippen LogP contribution in [0.4, 0.5) is 10.2 Å². The van der Waals surface area contributed by atoms with Crippen molar-refractivity contribution in [2.24, 2.45) is 0 Å². The Morgan fingerprint density at radius 2 is 2.00 bits per heavy atom. The molecule has 2 bridgehead atoms. The molecule has 18 heavy (non-hydrogen) atoms. The van der Waals surface area contributed by atoms with Crippen molar-refractivity contribution in [2.75, 3.05) is 4.90 Å². The molecule has 2 fully saturated rings. The molecule has 0 radical (unpaired) electrons. The number of anilines is 1. The fourth-order valence-electron chi connectivity index (χ4n) is 3.28. The molecule has 2 saturated heterocycles. The van der Waals surface area contributed by atoms with E-state index in [1.54, 1.807) is 0 Å². The lowest BCUT2D eigenvalue weighted by Gasteiger charge is -2.38. The van der Waals surface area contributed by atoms with Crippen molar-refractivity contribution >= 4 is 21.7 Å². The first-order valence-corrected chi connectivity index (χ1v) is 7.54. The number of aromatic nitrogens is 2. The van der Waals surface area contributed by atoms with Gasteiger partial charge in [0.2, 0.25) is 0 Å². The molecule has 0 spiro atoms. The third-order valence-electron chi connectivity index (χ3n) is 4.10. The molecule has 98 valence electrons. The van der Waals surface area contributed by atoms with Crippen LogP contribution in [0.15, 0.2) is 6.33 Å². The van der Waals surface area contributed by atoms with E-state index >= 15 is 0 Å². The maximum absolute atomic E-state index is 14.4. The van der Waals surface area contributed by atoms with Gasteiger partial charge >= 0.3 is 0 Å². The van der Waals surface area contributed by atoms with E-state index in [-0.39, 0.29) is 5.82 Å². The van der Waals surface area contributed by atoms with Crippen molar-refractivity contribution in [2.45, 2.75) is 55.9 Å². The van der Waals surface area contributed by atoms with Gasteiger partial charge in [-0.25, -0.2) is 14.4 Å². The molecule has 3 nitrogen and oxygen atoms in total. The molecule has 1 aromatic rings. The summed E-state index contributed by atoms with van der Waals surface area (Å²) in [5.41, 5.74) is 0.528. The Balaban J connectivity index is 1.96. The first kappa shape index (κ1) is 12.3. The van der Waals surface area contributed by atoms with Crippen LogP contribution in [0.25, 0.3) is 0 Å². The van der Waals surface area contributed by atoms with E-state index in [9.17, 15) is 4.39 Å². The molecule has 5 heteroatoms. The Labute approximate surface area is 115 Å². The molecule has 3 heterocycles. The Bertz CT molecular complexity index is 440. The molecule has 0 aliphatic carbocycles. The highest BCUT2D eigenvalue weighted by molar-refractivity contribution is 9.09. The molecule has 0 saturated carbocycles. The second-order valence-electron chi connectivity index (χ2n) is 5.17. The van der Waals surface area contributed by atoms with Crippen LogP contribution >= 0.6 is 15.9 Å². The standard InChI is InChI=1S/C13H17BrFN3/c1-2-11-12(15)13(17-7-16-11)18-9-3-4-10(18)6-8(14)5-9/h7-10H,2-6H2,1H3. The third kappa shape index (κ3) is 1.92. The van der Waals surface area contributed by atoms with Gasteiger partial charge in [0, 0.05) is 16.9 Å². The van der Waals surface area contributed by atoms with E-state index in [0.29, 0.717) is 34.8 Å². The summed E-state index contributed by atoms with van der Waals surface area (Å²) in [6, 6.07) is 0.865. The number of hydrogen-bond acceptors (Lipinski definition) is 3. The maximum Gasteiger partial charge on any atom is 0.187 e. The number of halogens is 2. The zero-order valence-electron chi connectivity index (χ0n) is 10.4. The van der Waals surface area contributed by atoms with Crippen LogP contribution in [-0.4, -0.2) is 26.9 Å². The fraction of sp³-hybridized carbons (Fsp3) is 0.692. The smallest absolute Gasteiger partial charge is 0.187 e. The van der Waals surface area contributed by atoms with Gasteiger partial charge in [-0.15, -0.1) is 0 Å². The number of aryl methyl sites for hydroxylation is 1. The largest absolute Gasteiger partial charge is 0.348 e. The van der Waals surface area contributed by atoms with Crippen LogP contribution in [-0.2, 0) is 6.42 Å². The van der Waals surface area contributed by atoms with Crippen LogP contribution in [0.3, 0.4) is 0 Å². The minimum absolute atomic E-state index is 0.218. The van der Waals surface area contributed by atoms with Gasteiger partial charge in [0.25, 0.3) is 0 Å². The quantitative estimate of drug-likeness (QED) is 0.786. The average Bonchev–Trinajstić information content (AvgIpc) is 2.62. The highest BCUT2D eigenvalue weighted by atomic mass is 79.9. The second kappa shape index (κ2) is 4.76. The molecule has 2 atom stereocenters. The van der Waals surface area contributed by atoms with Gasteiger partial charge in [0.1, 0.15) is 6.33 Å². The monoisotopic (exact) mass is 313 g/mol. The van der Waals surface area contributed by atoms with Crippen molar-refractivity contribution < 1.29 is 4.39 Å². The van der Waals surface area contributed by atoms with Crippen molar-refractivity contribution in [3.63, 3.8) is 0 Å². The van der Waals surface area contributed by atoms with Crippen LogP contribution in [0.2, 0.25) is 0 Å². The highest BCUT2D eigenvalue weighted by Gasteiger charge is 2.41. The van der Waals surface area contributed by atoms with Gasteiger partial charge in [0.05, 0.1) is 5.69 Å². The lowest BCUT2D eigenvalue weighted by molar-refractivity contribution is 0.465. The molecular formula is C13H17BrFN3. The summed E-state index contributed by atoms with van der Waals surface area (Å²) in [6.45, 7) is 1.93. The molecule has 0 aromatic carbocycles. The van der Waals surface area contributed by atoms with Gasteiger partial charge in [0.15, 0.2) is 11.6 Å². The van der Waals surface area contributed by atoms with Crippen LogP contribution < -0.4 is 4.90 Å². The van der Waals surface area contributed by atoms with Gasteiger partial charge in [-0.2, -0.15) is 0 Å². The van der Waals surface area contributed by atoms with Gasteiger partial charge in [-0.3, -0.25) is 0 Å². The van der Waals surface area contributed by atoms with E-state index < -0.39 is 0 Å². The van der Waals surface area contributed by atoms with Gasteiger partial charge < -0.3 is 4.90 Å². The first-order chi connectivity index (χ1) is 8.70. The number of hydrogen-bond donors (Lipinski definition) is 0. The summed E-state index contributed by atoms with van der Waals surface area (Å²) in [5, 5.41) is 0. The lowest BCUT2D eigenvalue weighted by atomic mass is 10.0. The summed E-state index contributed by atoms with van der Waals surface area (Å²) < 4.78 is 14.4. The summed E-state index contributed by atoms with van der Waals surface area (Å²) in [6.07, 6.45) is 6.58. The van der Waals surface area contributed by atoms with Crippen LogP contribution in [0.1, 0.15) is 38.3 Å². The molecule has 3 rings (SSSR count). The van der Waals surface area contributed by atoms with Crippen molar-refractivity contribution in [3.8, 4) is 0 Å². The Morgan fingerprint density at radius 3 is 2.61 bits per heavy atom. The molecule has 2 aliphatic heterocycles. The topological polar surface area (TPSA) is 29.0 Å². The fourth-order valence-corrected chi connectivity index (χ4v) is 4.14. The number of fused-ring (bicyclic) bond motifs is 2. The lowest BCUT2D eigenvalue weighted by Crippen LogP contribution is -2.44. The number of rotatable bonds is 2. The zero-order valence-corrected chi connectivity index (χ0v) is 12.0. The Kier molecular flexibility index (Phi) is 3.26. The van der Waals surface area contributed by atoms with Gasteiger partial charge in [-0.1, -0.05) is 22.9 Å². The summed E-state index contributed by atoms with van der Waals surface area (Å²) >= 11 is 3.70. The molecule has 1 aromatic heterocycles. The maximum atomic E-state index is 14.4. The summed E-state index contributed by atoms with van der Waals surface area (Å²) in [4.78, 5) is 11.0. The van der Waals surface area contributed by atoms with E-state index in [1.807, 2.05) is 6.92 Å². The zero-order chi connectivity index (χ0) is 12.7. The van der Waals surface area contributed by atoms with Crippen molar-refractivity contribution in [1.82, 2.24) is 9.97 Å². The summed E-state index contributed by atoms with van der Waals surface area (Å²) in [7, 11) is 0. The molecular weight excluding hydrogens is 297 g/mol. The average molecular weight is 314 g/mol. The van der Waals surface area contributed by atoms with Crippen LogP contribution in [0, 0.1) is 5.82 Å². The van der Waals surface area contributed by atoms with Crippen molar-refractivity contribution in [3.05, 3.63) is 17.8 Å². The van der Waals surface area contributed by atoms with Crippen molar-refractivity contribution in [1.29, 1.82) is 0 Å². The van der Waals surface area contributed by atoms with E-state index in [1.165, 1.54) is 6.33 Å². The van der Waals surface area contributed by atoms with Crippen LogP contribution in [0.5, 0.6) is 0 Å². The normalized spacial score (nSPS) is 30.8. The molecule has 2 aliphatic rings. The van der Waals surface area contributed by atoms with E-state index in [4.69, 9.17) is 0 Å². The SMILES string of the molecule is CCc1ncnc(N2C3CCC2CC(Br)C3)c1F. The minimum Gasteiger partial charge on any atom is -0.348 e. The number of piperidine rings is 1. The predicted octanol–water partition coefficient (Wildman–Crippen LogP) is 3.07. The predicted molar refractivity (Wildman–Crippen MR) is 72.6 cm³/mol. The second-order valence-corrected chi connectivity index (χ2v) is 6.47. The number of nitrogens with zero attached hydrogens (tertiary/aromatic N) is 3. The first-order valence-electron chi connectivity index (χ1n) is 6.62. The number of alkyl halides is 1. The minimum atomic E-state index is -0.218.